The molecule has 2 heterocycles. The monoisotopic (exact) mass is 303 g/mol. The van der Waals surface area contributed by atoms with Crippen molar-refractivity contribution < 1.29 is 13.2 Å². The van der Waals surface area contributed by atoms with Crippen LogP contribution in [0.1, 0.15) is 17.2 Å². The topological polar surface area (TPSA) is 63.6 Å². The summed E-state index contributed by atoms with van der Waals surface area (Å²) in [6.45, 7) is 1.96. The molecule has 0 bridgehead atoms. The lowest BCUT2D eigenvalue weighted by atomic mass is 10.4. The number of anilines is 1. The number of nitrogens with one attached hydrogen (secondary N) is 1. The summed E-state index contributed by atoms with van der Waals surface area (Å²) in [6, 6.07) is 1.21. The number of hydrogen-bond donors (Lipinski definition) is 1. The third-order valence-corrected chi connectivity index (χ3v) is 2.43. The number of hydrogen-bond acceptors (Lipinski definition) is 5. The molecule has 0 fully saturated rings. The smallest absolute Gasteiger partial charge is 0.364 e. The second-order valence-corrected chi connectivity index (χ2v) is 4.29. The lowest BCUT2D eigenvalue weighted by Crippen LogP contribution is -2.13. The van der Waals surface area contributed by atoms with Gasteiger partial charge in [0.15, 0.2) is 0 Å². The fourth-order valence-corrected chi connectivity index (χ4v) is 1.51. The number of aryl methyl sites for hydroxylation is 1. The molecular weight excluding hydrogens is 295 g/mol. The maximum atomic E-state index is 12.5. The molecule has 0 saturated heterocycles. The molecule has 5 nitrogen and oxygen atoms in total. The van der Waals surface area contributed by atoms with Crippen molar-refractivity contribution in [1.82, 2.24) is 19.9 Å². The van der Waals surface area contributed by atoms with Gasteiger partial charge in [-0.25, -0.2) is 9.97 Å². The van der Waals surface area contributed by atoms with Gasteiger partial charge in [-0.05, 0) is 6.92 Å². The molecule has 0 spiro atoms. The first kappa shape index (κ1) is 14.4. The van der Waals surface area contributed by atoms with E-state index < -0.39 is 12.0 Å². The molecule has 0 aromatic carbocycles. The fourth-order valence-electron chi connectivity index (χ4n) is 1.33. The highest BCUT2D eigenvalue weighted by atomic mass is 35.5. The van der Waals surface area contributed by atoms with Gasteiger partial charge in [-0.1, -0.05) is 11.6 Å². The Bertz CT molecular complexity index is 600. The summed E-state index contributed by atoms with van der Waals surface area (Å²) >= 11 is 5.54. The Hall–Kier alpha value is -1.96. The molecular formula is C11H9ClF3N5. The standard InChI is InChI=1S/C11H9ClF3N5/c1-6-3-17-7(4-16-6)5-18-9-2-8(12)19-10(20-9)11(13,14)15/h2-4H,5H2,1H3,(H,18,19,20). The van der Waals surface area contributed by atoms with Crippen LogP contribution in [-0.4, -0.2) is 19.9 Å². The van der Waals surface area contributed by atoms with Crippen LogP contribution in [0.5, 0.6) is 0 Å². The highest BCUT2D eigenvalue weighted by Gasteiger charge is 2.35. The SMILES string of the molecule is Cc1cnc(CNc2cc(Cl)nc(C(F)(F)F)n2)cn1. The molecule has 106 valence electrons. The first-order valence-corrected chi connectivity index (χ1v) is 5.85. The van der Waals surface area contributed by atoms with Gasteiger partial charge in [0.25, 0.3) is 0 Å². The quantitative estimate of drug-likeness (QED) is 0.883. The minimum Gasteiger partial charge on any atom is -0.364 e. The van der Waals surface area contributed by atoms with Crippen LogP contribution in [0.15, 0.2) is 18.5 Å². The predicted molar refractivity (Wildman–Crippen MR) is 66.1 cm³/mol. The van der Waals surface area contributed by atoms with Crippen molar-refractivity contribution >= 4 is 17.4 Å². The predicted octanol–water partition coefficient (Wildman–Crippen LogP) is 2.86. The fraction of sp³-hybridized carbons (Fsp3) is 0.273. The average molecular weight is 304 g/mol. The Morgan fingerprint density at radius 3 is 2.55 bits per heavy atom. The molecule has 1 N–H and O–H groups in total. The van der Waals surface area contributed by atoms with E-state index in [0.717, 1.165) is 5.69 Å². The van der Waals surface area contributed by atoms with E-state index in [4.69, 9.17) is 11.6 Å². The maximum absolute atomic E-state index is 12.5. The van der Waals surface area contributed by atoms with E-state index in [1.807, 2.05) is 0 Å². The van der Waals surface area contributed by atoms with Gasteiger partial charge >= 0.3 is 6.18 Å². The minimum absolute atomic E-state index is 0.0281. The van der Waals surface area contributed by atoms with Gasteiger partial charge < -0.3 is 5.32 Å². The molecule has 0 amide bonds. The summed E-state index contributed by atoms with van der Waals surface area (Å²) in [5.74, 6) is -1.32. The summed E-state index contributed by atoms with van der Waals surface area (Å²) in [5.41, 5.74) is 1.32. The van der Waals surface area contributed by atoms with E-state index in [1.165, 1.54) is 12.3 Å². The molecule has 2 aromatic rings. The van der Waals surface area contributed by atoms with Crippen LogP contribution in [0.2, 0.25) is 5.15 Å². The molecule has 2 rings (SSSR count). The van der Waals surface area contributed by atoms with Crippen molar-refractivity contribution in [3.8, 4) is 0 Å². The minimum atomic E-state index is -4.65. The Morgan fingerprint density at radius 2 is 1.95 bits per heavy atom. The van der Waals surface area contributed by atoms with E-state index in [2.05, 4.69) is 25.3 Å². The van der Waals surface area contributed by atoms with Crippen molar-refractivity contribution in [1.29, 1.82) is 0 Å². The van der Waals surface area contributed by atoms with Crippen molar-refractivity contribution in [3.05, 3.63) is 40.8 Å². The Labute approximate surface area is 117 Å². The summed E-state index contributed by atoms with van der Waals surface area (Å²) < 4.78 is 37.6. The van der Waals surface area contributed by atoms with Crippen molar-refractivity contribution in [2.45, 2.75) is 19.6 Å². The van der Waals surface area contributed by atoms with E-state index in [0.29, 0.717) is 5.69 Å². The lowest BCUT2D eigenvalue weighted by Gasteiger charge is -2.09. The molecule has 0 atom stereocenters. The van der Waals surface area contributed by atoms with Crippen LogP contribution in [0.25, 0.3) is 0 Å². The number of nitrogens with zero attached hydrogens (tertiary/aromatic N) is 4. The Morgan fingerprint density at radius 1 is 1.20 bits per heavy atom. The maximum Gasteiger partial charge on any atom is 0.451 e. The zero-order chi connectivity index (χ0) is 14.8. The van der Waals surface area contributed by atoms with E-state index in [1.54, 1.807) is 13.1 Å². The molecule has 0 aliphatic heterocycles. The largest absolute Gasteiger partial charge is 0.451 e. The van der Waals surface area contributed by atoms with Gasteiger partial charge in [-0.15, -0.1) is 0 Å². The van der Waals surface area contributed by atoms with Crippen LogP contribution in [0.3, 0.4) is 0 Å². The molecule has 9 heteroatoms. The summed E-state index contributed by atoms with van der Waals surface area (Å²) in [7, 11) is 0. The van der Waals surface area contributed by atoms with Gasteiger partial charge in [0.1, 0.15) is 11.0 Å². The molecule has 0 aliphatic carbocycles. The van der Waals surface area contributed by atoms with E-state index in [9.17, 15) is 13.2 Å². The van der Waals surface area contributed by atoms with E-state index >= 15 is 0 Å². The van der Waals surface area contributed by atoms with E-state index in [-0.39, 0.29) is 17.5 Å². The Kier molecular flexibility index (Phi) is 4.03. The molecule has 20 heavy (non-hydrogen) atoms. The molecule has 2 aromatic heterocycles. The highest BCUT2D eigenvalue weighted by molar-refractivity contribution is 6.29. The summed E-state index contributed by atoms with van der Waals surface area (Å²) in [5, 5.41) is 2.41. The summed E-state index contributed by atoms with van der Waals surface area (Å²) in [4.78, 5) is 14.6. The first-order valence-electron chi connectivity index (χ1n) is 5.48. The van der Waals surface area contributed by atoms with Gasteiger partial charge in [-0.2, -0.15) is 13.2 Å². The zero-order valence-electron chi connectivity index (χ0n) is 10.2. The van der Waals surface area contributed by atoms with Crippen LogP contribution < -0.4 is 5.32 Å². The van der Waals surface area contributed by atoms with Gasteiger partial charge in [0, 0.05) is 12.3 Å². The van der Waals surface area contributed by atoms with Gasteiger partial charge in [0.2, 0.25) is 5.82 Å². The second-order valence-electron chi connectivity index (χ2n) is 3.90. The Balaban J connectivity index is 2.13. The zero-order valence-corrected chi connectivity index (χ0v) is 11.0. The molecule has 0 unspecified atom stereocenters. The molecule has 0 radical (unpaired) electrons. The molecule has 0 aliphatic rings. The van der Waals surface area contributed by atoms with Gasteiger partial charge in [0.05, 0.1) is 24.1 Å². The highest BCUT2D eigenvalue weighted by Crippen LogP contribution is 2.28. The third kappa shape index (κ3) is 3.77. The number of aromatic nitrogens is 4. The number of halogens is 4. The van der Waals surface area contributed by atoms with Crippen LogP contribution in [0, 0.1) is 6.92 Å². The van der Waals surface area contributed by atoms with Crippen LogP contribution in [-0.2, 0) is 12.7 Å². The van der Waals surface area contributed by atoms with Crippen molar-refractivity contribution in [2.75, 3.05) is 5.32 Å². The molecule has 0 saturated carbocycles. The van der Waals surface area contributed by atoms with Crippen LogP contribution >= 0.6 is 11.6 Å². The third-order valence-electron chi connectivity index (χ3n) is 2.23. The average Bonchev–Trinajstić information content (AvgIpc) is 2.36. The van der Waals surface area contributed by atoms with Crippen molar-refractivity contribution in [2.24, 2.45) is 0 Å². The normalized spacial score (nSPS) is 11.4. The second kappa shape index (κ2) is 5.58. The first-order chi connectivity index (χ1) is 9.34. The van der Waals surface area contributed by atoms with Crippen molar-refractivity contribution in [3.63, 3.8) is 0 Å². The van der Waals surface area contributed by atoms with Gasteiger partial charge in [-0.3, -0.25) is 9.97 Å². The number of alkyl halides is 3. The number of rotatable bonds is 3. The van der Waals surface area contributed by atoms with Crippen LogP contribution in [0.4, 0.5) is 19.0 Å². The summed E-state index contributed by atoms with van der Waals surface area (Å²) in [6.07, 6.45) is -1.56. The lowest BCUT2D eigenvalue weighted by molar-refractivity contribution is -0.144.